The first kappa shape index (κ1) is 23.4. The van der Waals surface area contributed by atoms with Gasteiger partial charge in [0, 0.05) is 106 Å². The van der Waals surface area contributed by atoms with Gasteiger partial charge in [-0.2, -0.15) is 10.2 Å². The third-order valence-corrected chi connectivity index (χ3v) is 7.48. The van der Waals surface area contributed by atoms with Crippen molar-refractivity contribution in [2.24, 2.45) is 12.0 Å². The Morgan fingerprint density at radius 2 is 1.78 bits per heavy atom. The van der Waals surface area contributed by atoms with E-state index in [9.17, 15) is 4.79 Å². The molecule has 0 N–H and O–H groups in total. The molecule has 2 saturated heterocycles. The van der Waals surface area contributed by atoms with Crippen molar-refractivity contribution in [2.75, 3.05) is 51.7 Å². The van der Waals surface area contributed by atoms with Crippen molar-refractivity contribution in [1.82, 2.24) is 34.2 Å². The fourth-order valence-corrected chi connectivity index (χ4v) is 5.46. The highest BCUT2D eigenvalue weighted by Gasteiger charge is 2.35. The topological polar surface area (TPSA) is 87.2 Å². The molecule has 2 fully saturated rings. The van der Waals surface area contributed by atoms with Gasteiger partial charge in [0.1, 0.15) is 5.82 Å². The summed E-state index contributed by atoms with van der Waals surface area (Å²) in [6.07, 6.45) is 12.4. The molecule has 10 nitrogen and oxygen atoms in total. The molecule has 190 valence electrons. The molecule has 6 heterocycles. The van der Waals surface area contributed by atoms with E-state index in [-0.39, 0.29) is 11.9 Å². The molecule has 0 aromatic carbocycles. The van der Waals surface area contributed by atoms with Crippen molar-refractivity contribution in [2.45, 2.75) is 12.5 Å². The zero-order chi connectivity index (χ0) is 25.5. The first-order chi connectivity index (χ1) is 18.0. The molecular weight excluding hydrogens is 466 g/mol. The summed E-state index contributed by atoms with van der Waals surface area (Å²) in [6.45, 7) is 4.32. The van der Waals surface area contributed by atoms with Crippen LogP contribution in [0.15, 0.2) is 54.2 Å². The third kappa shape index (κ3) is 4.27. The maximum absolute atomic E-state index is 12.4. The van der Waals surface area contributed by atoms with E-state index in [0.717, 1.165) is 78.3 Å². The fourth-order valence-electron chi connectivity index (χ4n) is 5.46. The molecule has 1 unspecified atom stereocenters. The van der Waals surface area contributed by atoms with E-state index in [1.807, 2.05) is 60.7 Å². The zero-order valence-corrected chi connectivity index (χ0v) is 21.4. The van der Waals surface area contributed by atoms with E-state index in [1.54, 1.807) is 11.7 Å². The van der Waals surface area contributed by atoms with Crippen molar-refractivity contribution in [1.29, 1.82) is 0 Å². The number of amides is 1. The molecule has 0 saturated carbocycles. The largest absolute Gasteiger partial charge is 0.354 e. The number of nitrogens with zero attached hydrogens (tertiary/aromatic N) is 9. The Balaban J connectivity index is 1.27. The first-order valence-corrected chi connectivity index (χ1v) is 12.6. The highest BCUT2D eigenvalue weighted by Crippen LogP contribution is 2.32. The highest BCUT2D eigenvalue weighted by atomic mass is 16.2. The number of anilines is 1. The molecule has 2 aliphatic heterocycles. The van der Waals surface area contributed by atoms with E-state index < -0.39 is 0 Å². The molecule has 1 amide bonds. The van der Waals surface area contributed by atoms with Gasteiger partial charge in [-0.25, -0.2) is 9.50 Å². The Morgan fingerprint density at radius 3 is 2.43 bits per heavy atom. The van der Waals surface area contributed by atoms with Crippen LogP contribution in [-0.4, -0.2) is 99.2 Å². The summed E-state index contributed by atoms with van der Waals surface area (Å²) < 4.78 is 3.71. The number of fused-ring (bicyclic) bond motifs is 1. The van der Waals surface area contributed by atoms with Crippen LogP contribution in [0.2, 0.25) is 0 Å². The van der Waals surface area contributed by atoms with Crippen LogP contribution in [0.4, 0.5) is 5.82 Å². The number of carbonyl (C=O) groups is 1. The summed E-state index contributed by atoms with van der Waals surface area (Å²) >= 11 is 0. The number of aryl methyl sites for hydroxylation is 1. The lowest BCUT2D eigenvalue weighted by molar-refractivity contribution is -0.131. The van der Waals surface area contributed by atoms with Crippen molar-refractivity contribution >= 4 is 23.5 Å². The van der Waals surface area contributed by atoms with Crippen molar-refractivity contribution in [3.63, 3.8) is 0 Å². The quantitative estimate of drug-likeness (QED) is 0.393. The average molecular weight is 498 g/mol. The number of aromatic nitrogens is 5. The molecule has 2 aliphatic rings. The van der Waals surface area contributed by atoms with Crippen molar-refractivity contribution in [3.05, 3.63) is 54.7 Å². The van der Waals surface area contributed by atoms with E-state index in [0.29, 0.717) is 0 Å². The van der Waals surface area contributed by atoms with Crippen LogP contribution in [0, 0.1) is 0 Å². The SMILES string of the molecule is CN=Cc1cnn2cc(-c3cnn(C)c3)cc(-c3ccc(N4CCN(C5CCN(C)C5=O)CC4)nc3)c12. The minimum absolute atomic E-state index is 0.0356. The van der Waals surface area contributed by atoms with Gasteiger partial charge in [-0.3, -0.25) is 19.4 Å². The molecular formula is C27H31N9O. The lowest BCUT2D eigenvalue weighted by atomic mass is 10.0. The number of rotatable bonds is 5. The Morgan fingerprint density at radius 1 is 0.946 bits per heavy atom. The van der Waals surface area contributed by atoms with Gasteiger partial charge < -0.3 is 9.80 Å². The predicted molar refractivity (Wildman–Crippen MR) is 144 cm³/mol. The maximum atomic E-state index is 12.4. The number of likely N-dealkylation sites (tertiary alicyclic amines) is 1. The maximum Gasteiger partial charge on any atom is 0.239 e. The monoisotopic (exact) mass is 497 g/mol. The minimum Gasteiger partial charge on any atom is -0.354 e. The predicted octanol–water partition coefficient (Wildman–Crippen LogP) is 2.20. The second-order valence-corrected chi connectivity index (χ2v) is 9.82. The van der Waals surface area contributed by atoms with Crippen molar-refractivity contribution < 1.29 is 4.79 Å². The number of aliphatic imine (C=N–C) groups is 1. The summed E-state index contributed by atoms with van der Waals surface area (Å²) in [5, 5.41) is 8.93. The standard InChI is InChI=1S/C27H31N9O/c1-28-13-21-15-31-36-18-20(22-16-30-33(3)17-22)12-23(26(21)36)19-4-5-25(29-14-19)35-10-8-34(9-11-35)24-6-7-32(2)27(24)37/h4-5,12-18,24H,6-11H2,1-3H3. The van der Waals surface area contributed by atoms with Gasteiger partial charge >= 0.3 is 0 Å². The molecule has 0 bridgehead atoms. The number of hydrogen-bond donors (Lipinski definition) is 0. The summed E-state index contributed by atoms with van der Waals surface area (Å²) in [5.41, 5.74) is 6.08. The van der Waals surface area contributed by atoms with Gasteiger partial charge in [-0.15, -0.1) is 0 Å². The number of hydrogen-bond acceptors (Lipinski definition) is 7. The smallest absolute Gasteiger partial charge is 0.239 e. The molecule has 1 atom stereocenters. The summed E-state index contributed by atoms with van der Waals surface area (Å²) in [4.78, 5) is 28.0. The summed E-state index contributed by atoms with van der Waals surface area (Å²) in [6, 6.07) is 6.43. The van der Waals surface area contributed by atoms with Gasteiger partial charge in [0.05, 0.1) is 24.0 Å². The van der Waals surface area contributed by atoms with Crippen molar-refractivity contribution in [3.8, 4) is 22.3 Å². The molecule has 10 heteroatoms. The van der Waals surface area contributed by atoms with Crippen LogP contribution in [-0.2, 0) is 11.8 Å². The Kier molecular flexibility index (Phi) is 5.96. The number of pyridine rings is 2. The second kappa shape index (κ2) is 9.44. The van der Waals surface area contributed by atoms with Gasteiger partial charge in [-0.05, 0) is 24.6 Å². The Labute approximate surface area is 215 Å². The molecule has 4 aromatic rings. The normalized spacial score (nSPS) is 19.1. The van der Waals surface area contributed by atoms with E-state index in [2.05, 4.69) is 43.2 Å². The molecule has 4 aromatic heterocycles. The van der Waals surface area contributed by atoms with E-state index in [1.165, 1.54) is 0 Å². The van der Waals surface area contributed by atoms with Crippen LogP contribution in [0.1, 0.15) is 12.0 Å². The lowest BCUT2D eigenvalue weighted by Crippen LogP contribution is -2.52. The fraction of sp³-hybridized carbons (Fsp3) is 0.370. The van der Waals surface area contributed by atoms with Crippen LogP contribution < -0.4 is 4.90 Å². The van der Waals surface area contributed by atoms with E-state index in [4.69, 9.17) is 4.98 Å². The number of piperazine rings is 1. The molecule has 0 spiro atoms. The van der Waals surface area contributed by atoms with Gasteiger partial charge in [-0.1, -0.05) is 0 Å². The molecule has 6 rings (SSSR count). The minimum atomic E-state index is 0.0356. The third-order valence-electron chi connectivity index (χ3n) is 7.48. The summed E-state index contributed by atoms with van der Waals surface area (Å²) in [5.74, 6) is 1.21. The van der Waals surface area contributed by atoms with E-state index >= 15 is 0 Å². The zero-order valence-electron chi connectivity index (χ0n) is 21.4. The Hall–Kier alpha value is -4.05. The first-order valence-electron chi connectivity index (χ1n) is 12.6. The van der Waals surface area contributed by atoms with Crippen LogP contribution >= 0.6 is 0 Å². The van der Waals surface area contributed by atoms with Crippen LogP contribution in [0.25, 0.3) is 27.8 Å². The molecule has 0 aliphatic carbocycles. The molecule has 37 heavy (non-hydrogen) atoms. The highest BCUT2D eigenvalue weighted by molar-refractivity contribution is 5.97. The number of carbonyl (C=O) groups excluding carboxylic acids is 1. The van der Waals surface area contributed by atoms with Gasteiger partial charge in [0.15, 0.2) is 0 Å². The lowest BCUT2D eigenvalue weighted by Gasteiger charge is -2.37. The van der Waals surface area contributed by atoms with Crippen LogP contribution in [0.3, 0.4) is 0 Å². The van der Waals surface area contributed by atoms with Crippen LogP contribution in [0.5, 0.6) is 0 Å². The number of likely N-dealkylation sites (N-methyl/N-ethyl adjacent to an activating group) is 1. The van der Waals surface area contributed by atoms with Gasteiger partial charge in [0.25, 0.3) is 0 Å². The average Bonchev–Trinajstić information content (AvgIpc) is 3.63. The second-order valence-electron chi connectivity index (χ2n) is 9.82. The Bertz CT molecular complexity index is 1460. The van der Waals surface area contributed by atoms with Gasteiger partial charge in [0.2, 0.25) is 5.91 Å². The summed E-state index contributed by atoms with van der Waals surface area (Å²) in [7, 11) is 5.58. The molecule has 0 radical (unpaired) electrons.